The SMILES string of the molecule is CO[C@H]1CCCN(CC(=O)NCc2ccc(C)cc2)[C@H]1CCC(N)=O. The van der Waals surface area contributed by atoms with Crippen molar-refractivity contribution >= 4 is 11.8 Å². The highest BCUT2D eigenvalue weighted by Gasteiger charge is 2.32. The smallest absolute Gasteiger partial charge is 0.234 e. The Morgan fingerprint density at radius 2 is 2.04 bits per heavy atom. The second-order valence-electron chi connectivity index (χ2n) is 6.72. The molecule has 1 aliphatic rings. The van der Waals surface area contributed by atoms with Crippen LogP contribution in [0.2, 0.25) is 0 Å². The molecule has 1 aromatic carbocycles. The molecule has 6 heteroatoms. The van der Waals surface area contributed by atoms with Gasteiger partial charge in [-0.15, -0.1) is 0 Å². The lowest BCUT2D eigenvalue weighted by Gasteiger charge is -2.40. The summed E-state index contributed by atoms with van der Waals surface area (Å²) in [5.41, 5.74) is 7.57. The minimum Gasteiger partial charge on any atom is -0.380 e. The molecule has 1 heterocycles. The second-order valence-corrected chi connectivity index (χ2v) is 6.72. The zero-order valence-corrected chi connectivity index (χ0v) is 15.2. The molecule has 0 unspecified atom stereocenters. The number of likely N-dealkylation sites (tertiary alicyclic amines) is 1. The summed E-state index contributed by atoms with van der Waals surface area (Å²) in [4.78, 5) is 25.6. The Hall–Kier alpha value is -1.92. The number of carbonyl (C=O) groups is 2. The van der Waals surface area contributed by atoms with Gasteiger partial charge in [-0.05, 0) is 38.3 Å². The number of amides is 2. The largest absolute Gasteiger partial charge is 0.380 e. The first-order valence-electron chi connectivity index (χ1n) is 8.87. The van der Waals surface area contributed by atoms with Gasteiger partial charge in [0, 0.05) is 26.1 Å². The Morgan fingerprint density at radius 3 is 2.68 bits per heavy atom. The molecule has 2 rings (SSSR count). The Bertz CT molecular complexity index is 574. The number of primary amides is 1. The summed E-state index contributed by atoms with van der Waals surface area (Å²) in [7, 11) is 1.68. The number of nitrogens with two attached hydrogens (primary N) is 1. The number of ether oxygens (including phenoxy) is 1. The van der Waals surface area contributed by atoms with E-state index in [1.54, 1.807) is 7.11 Å². The fraction of sp³-hybridized carbons (Fsp3) is 0.579. The number of rotatable bonds is 8. The van der Waals surface area contributed by atoms with Crippen LogP contribution >= 0.6 is 0 Å². The van der Waals surface area contributed by atoms with E-state index in [2.05, 4.69) is 10.2 Å². The van der Waals surface area contributed by atoms with E-state index in [9.17, 15) is 9.59 Å². The maximum absolute atomic E-state index is 12.3. The average Bonchev–Trinajstić information content (AvgIpc) is 2.59. The van der Waals surface area contributed by atoms with Crippen LogP contribution < -0.4 is 11.1 Å². The predicted octanol–water partition coefficient (Wildman–Crippen LogP) is 1.36. The summed E-state index contributed by atoms with van der Waals surface area (Å²) >= 11 is 0. The lowest BCUT2D eigenvalue weighted by molar-refractivity contribution is -0.125. The minimum atomic E-state index is -0.316. The van der Waals surface area contributed by atoms with E-state index in [1.165, 1.54) is 5.56 Å². The molecule has 0 aliphatic carbocycles. The van der Waals surface area contributed by atoms with Crippen molar-refractivity contribution in [1.29, 1.82) is 0 Å². The van der Waals surface area contributed by atoms with Gasteiger partial charge in [-0.1, -0.05) is 29.8 Å². The van der Waals surface area contributed by atoms with Crippen LogP contribution in [-0.2, 0) is 20.9 Å². The molecule has 25 heavy (non-hydrogen) atoms. The maximum Gasteiger partial charge on any atom is 0.234 e. The van der Waals surface area contributed by atoms with Gasteiger partial charge < -0.3 is 15.8 Å². The third-order valence-corrected chi connectivity index (χ3v) is 4.78. The highest BCUT2D eigenvalue weighted by molar-refractivity contribution is 5.78. The zero-order chi connectivity index (χ0) is 18.2. The van der Waals surface area contributed by atoms with Gasteiger partial charge in [0.1, 0.15) is 0 Å². The van der Waals surface area contributed by atoms with Gasteiger partial charge in [0.05, 0.1) is 12.6 Å². The molecule has 0 aromatic heterocycles. The highest BCUT2D eigenvalue weighted by atomic mass is 16.5. The fourth-order valence-corrected chi connectivity index (χ4v) is 3.37. The number of piperidine rings is 1. The van der Waals surface area contributed by atoms with Crippen molar-refractivity contribution in [2.24, 2.45) is 5.73 Å². The Labute approximate surface area is 149 Å². The first kappa shape index (κ1) is 19.4. The van der Waals surface area contributed by atoms with E-state index in [0.717, 1.165) is 24.9 Å². The summed E-state index contributed by atoms with van der Waals surface area (Å²) in [5.74, 6) is -0.328. The lowest BCUT2D eigenvalue weighted by atomic mass is 9.94. The second kappa shape index (κ2) is 9.53. The van der Waals surface area contributed by atoms with Crippen molar-refractivity contribution in [2.75, 3.05) is 20.2 Å². The van der Waals surface area contributed by atoms with E-state index in [-0.39, 0.29) is 24.0 Å². The average molecular weight is 347 g/mol. The molecule has 1 fully saturated rings. The van der Waals surface area contributed by atoms with Gasteiger partial charge in [-0.25, -0.2) is 0 Å². The first-order valence-corrected chi connectivity index (χ1v) is 8.87. The van der Waals surface area contributed by atoms with Crippen LogP contribution in [0.1, 0.15) is 36.8 Å². The maximum atomic E-state index is 12.3. The predicted molar refractivity (Wildman–Crippen MR) is 96.8 cm³/mol. The van der Waals surface area contributed by atoms with E-state index in [4.69, 9.17) is 10.5 Å². The fourth-order valence-electron chi connectivity index (χ4n) is 3.37. The molecule has 138 valence electrons. The van der Waals surface area contributed by atoms with Crippen LogP contribution in [-0.4, -0.2) is 49.1 Å². The van der Waals surface area contributed by atoms with Crippen molar-refractivity contribution in [2.45, 2.75) is 51.3 Å². The molecular formula is C19H29N3O3. The Morgan fingerprint density at radius 1 is 1.32 bits per heavy atom. The van der Waals surface area contributed by atoms with Crippen LogP contribution in [0.25, 0.3) is 0 Å². The highest BCUT2D eigenvalue weighted by Crippen LogP contribution is 2.23. The molecular weight excluding hydrogens is 318 g/mol. The molecule has 3 N–H and O–H groups in total. The zero-order valence-electron chi connectivity index (χ0n) is 15.2. The summed E-state index contributed by atoms with van der Waals surface area (Å²) in [6.07, 6.45) is 2.90. The van der Waals surface area contributed by atoms with Crippen molar-refractivity contribution in [3.05, 3.63) is 35.4 Å². The molecule has 1 aromatic rings. The molecule has 6 nitrogen and oxygen atoms in total. The number of carbonyl (C=O) groups excluding carboxylic acids is 2. The summed E-state index contributed by atoms with van der Waals surface area (Å²) in [5, 5.41) is 2.97. The summed E-state index contributed by atoms with van der Waals surface area (Å²) in [6, 6.07) is 8.17. The molecule has 2 amide bonds. The van der Waals surface area contributed by atoms with Crippen molar-refractivity contribution in [1.82, 2.24) is 10.2 Å². The monoisotopic (exact) mass is 347 g/mol. The van der Waals surface area contributed by atoms with Crippen molar-refractivity contribution in [3.8, 4) is 0 Å². The third-order valence-electron chi connectivity index (χ3n) is 4.78. The van der Waals surface area contributed by atoms with Gasteiger partial charge in [-0.3, -0.25) is 14.5 Å². The molecule has 0 spiro atoms. The first-order chi connectivity index (χ1) is 12.0. The molecule has 1 aliphatic heterocycles. The van der Waals surface area contributed by atoms with E-state index in [0.29, 0.717) is 25.9 Å². The Kier molecular flexibility index (Phi) is 7.40. The lowest BCUT2D eigenvalue weighted by Crippen LogP contribution is -2.52. The van der Waals surface area contributed by atoms with E-state index >= 15 is 0 Å². The van der Waals surface area contributed by atoms with E-state index in [1.807, 2.05) is 31.2 Å². The van der Waals surface area contributed by atoms with Crippen molar-refractivity contribution < 1.29 is 14.3 Å². The van der Waals surface area contributed by atoms with Gasteiger partial charge in [0.15, 0.2) is 0 Å². The summed E-state index contributed by atoms with van der Waals surface area (Å²) < 4.78 is 5.56. The van der Waals surface area contributed by atoms with Gasteiger partial charge in [0.25, 0.3) is 0 Å². The quantitative estimate of drug-likeness (QED) is 0.743. The molecule has 0 bridgehead atoms. The third kappa shape index (κ3) is 6.14. The van der Waals surface area contributed by atoms with Crippen LogP contribution in [0, 0.1) is 6.92 Å². The van der Waals surface area contributed by atoms with Crippen molar-refractivity contribution in [3.63, 3.8) is 0 Å². The van der Waals surface area contributed by atoms with Crippen LogP contribution in [0.4, 0.5) is 0 Å². The number of nitrogens with zero attached hydrogens (tertiary/aromatic N) is 1. The number of benzene rings is 1. The number of nitrogens with one attached hydrogen (secondary N) is 1. The number of hydrogen-bond donors (Lipinski definition) is 2. The molecule has 0 saturated carbocycles. The van der Waals surface area contributed by atoms with Crippen LogP contribution in [0.15, 0.2) is 24.3 Å². The molecule has 0 radical (unpaired) electrons. The standard InChI is InChI=1S/C19H29N3O3/c1-14-5-7-15(8-6-14)12-21-19(24)13-22-11-3-4-17(25-2)16(22)9-10-18(20)23/h5-8,16-17H,3-4,9-13H2,1-2H3,(H2,20,23)(H,21,24)/t16-,17-/m0/s1. The number of hydrogen-bond acceptors (Lipinski definition) is 4. The van der Waals surface area contributed by atoms with Crippen LogP contribution in [0.5, 0.6) is 0 Å². The number of aryl methyl sites for hydroxylation is 1. The van der Waals surface area contributed by atoms with Gasteiger partial charge in [0.2, 0.25) is 11.8 Å². The topological polar surface area (TPSA) is 84.7 Å². The summed E-state index contributed by atoms with van der Waals surface area (Å²) in [6.45, 7) is 3.71. The molecule has 1 saturated heterocycles. The van der Waals surface area contributed by atoms with Crippen LogP contribution in [0.3, 0.4) is 0 Å². The van der Waals surface area contributed by atoms with E-state index < -0.39 is 0 Å². The Balaban J connectivity index is 1.89. The molecule has 2 atom stereocenters. The van der Waals surface area contributed by atoms with Gasteiger partial charge >= 0.3 is 0 Å². The number of methoxy groups -OCH3 is 1. The minimum absolute atomic E-state index is 0.0126. The van der Waals surface area contributed by atoms with Gasteiger partial charge in [-0.2, -0.15) is 0 Å². The normalized spacial score (nSPS) is 21.0.